The summed E-state index contributed by atoms with van der Waals surface area (Å²) in [6, 6.07) is 6.60. The van der Waals surface area contributed by atoms with Crippen LogP contribution in [0.2, 0.25) is 5.02 Å². The Morgan fingerprint density at radius 3 is 2.91 bits per heavy atom. The lowest BCUT2D eigenvalue weighted by molar-refractivity contribution is 0.144. The monoisotopic (exact) mass is 340 g/mol. The molecule has 2 heterocycles. The molecule has 1 aliphatic rings. The Bertz CT molecular complexity index is 626. The third kappa shape index (κ3) is 3.63. The Hall–Kier alpha value is -1.07. The third-order valence-corrected chi connectivity index (χ3v) is 4.54. The normalized spacial score (nSPS) is 19.0. The summed E-state index contributed by atoms with van der Waals surface area (Å²) in [6.07, 6.45) is 3.88. The van der Waals surface area contributed by atoms with Crippen LogP contribution in [0.15, 0.2) is 30.6 Å². The van der Waals surface area contributed by atoms with Crippen molar-refractivity contribution in [3.8, 4) is 0 Å². The van der Waals surface area contributed by atoms with E-state index in [-0.39, 0.29) is 12.4 Å². The maximum atomic E-state index is 6.12. The van der Waals surface area contributed by atoms with Gasteiger partial charge in [-0.25, -0.2) is 4.98 Å². The van der Waals surface area contributed by atoms with Crippen LogP contribution in [0.5, 0.6) is 0 Å². The average Bonchev–Trinajstić information content (AvgIpc) is 2.90. The second kappa shape index (κ2) is 7.47. The van der Waals surface area contributed by atoms with Gasteiger partial charge in [0, 0.05) is 50.6 Å². The van der Waals surface area contributed by atoms with Gasteiger partial charge in [0.15, 0.2) is 0 Å². The smallest absolute Gasteiger partial charge is 0.127 e. The van der Waals surface area contributed by atoms with E-state index >= 15 is 0 Å². The zero-order chi connectivity index (χ0) is 14.8. The Kier molecular flexibility index (Phi) is 5.87. The summed E-state index contributed by atoms with van der Waals surface area (Å²) in [7, 11) is 2.06. The maximum absolute atomic E-state index is 6.12. The lowest BCUT2D eigenvalue weighted by Gasteiger charge is -2.35. The van der Waals surface area contributed by atoms with Crippen LogP contribution in [0, 0.1) is 6.92 Å². The van der Waals surface area contributed by atoms with Gasteiger partial charge in [-0.05, 0) is 24.1 Å². The first kappa shape index (κ1) is 17.3. The fourth-order valence-corrected chi connectivity index (χ4v) is 3.05. The minimum Gasteiger partial charge on any atom is -0.337 e. The average molecular weight is 341 g/mol. The molecule has 1 saturated heterocycles. The van der Waals surface area contributed by atoms with Crippen molar-refractivity contribution in [3.05, 3.63) is 52.6 Å². The number of halogens is 2. The lowest BCUT2D eigenvalue weighted by atomic mass is 10.1. The van der Waals surface area contributed by atoms with Crippen molar-refractivity contribution in [2.24, 2.45) is 7.05 Å². The molecule has 120 valence electrons. The standard InChI is InChI=1S/C16H21ClN4.ClH/c1-12-9-13(3-4-14(12)17)11-21-8-5-18-10-15(21)16-19-6-7-20(16)2;/h3-4,6-7,9,15,18H,5,8,10-11H2,1-2H3;1H. The number of aromatic nitrogens is 2. The highest BCUT2D eigenvalue weighted by Gasteiger charge is 2.26. The Morgan fingerprint density at radius 1 is 1.41 bits per heavy atom. The van der Waals surface area contributed by atoms with Crippen molar-refractivity contribution in [3.63, 3.8) is 0 Å². The van der Waals surface area contributed by atoms with Crippen LogP contribution in [0.25, 0.3) is 0 Å². The van der Waals surface area contributed by atoms with Gasteiger partial charge >= 0.3 is 0 Å². The van der Waals surface area contributed by atoms with E-state index in [4.69, 9.17) is 11.6 Å². The van der Waals surface area contributed by atoms with Crippen LogP contribution in [0.4, 0.5) is 0 Å². The number of hydrogen-bond acceptors (Lipinski definition) is 3. The molecule has 1 fully saturated rings. The molecule has 1 aromatic carbocycles. The first-order chi connectivity index (χ1) is 10.1. The predicted octanol–water partition coefficient (Wildman–Crippen LogP) is 2.95. The number of imidazole rings is 1. The molecule has 0 aliphatic carbocycles. The van der Waals surface area contributed by atoms with Crippen molar-refractivity contribution in [1.82, 2.24) is 19.8 Å². The van der Waals surface area contributed by atoms with Crippen molar-refractivity contribution in [2.75, 3.05) is 19.6 Å². The number of hydrogen-bond donors (Lipinski definition) is 1. The molecule has 0 bridgehead atoms. The zero-order valence-electron chi connectivity index (χ0n) is 12.9. The van der Waals surface area contributed by atoms with Gasteiger partial charge in [-0.3, -0.25) is 4.90 Å². The first-order valence-electron chi connectivity index (χ1n) is 7.32. The maximum Gasteiger partial charge on any atom is 0.127 e. The third-order valence-electron chi connectivity index (χ3n) is 4.12. The number of benzene rings is 1. The number of nitrogens with one attached hydrogen (secondary N) is 1. The summed E-state index contributed by atoms with van der Waals surface area (Å²) < 4.78 is 2.11. The molecular weight excluding hydrogens is 319 g/mol. The molecular formula is C16H22Cl2N4. The highest BCUT2D eigenvalue weighted by atomic mass is 35.5. The molecule has 0 spiro atoms. The molecule has 0 radical (unpaired) electrons. The summed E-state index contributed by atoms with van der Waals surface area (Å²) in [4.78, 5) is 7.01. The van der Waals surface area contributed by atoms with Crippen LogP contribution in [0.3, 0.4) is 0 Å². The van der Waals surface area contributed by atoms with E-state index < -0.39 is 0 Å². The zero-order valence-corrected chi connectivity index (χ0v) is 14.5. The van der Waals surface area contributed by atoms with E-state index in [0.29, 0.717) is 6.04 Å². The molecule has 3 rings (SSSR count). The minimum absolute atomic E-state index is 0. The van der Waals surface area contributed by atoms with Crippen LogP contribution >= 0.6 is 24.0 Å². The Labute approximate surface area is 142 Å². The van der Waals surface area contributed by atoms with E-state index in [9.17, 15) is 0 Å². The topological polar surface area (TPSA) is 33.1 Å². The van der Waals surface area contributed by atoms with E-state index in [1.165, 1.54) is 5.56 Å². The summed E-state index contributed by atoms with van der Waals surface area (Å²) in [5.41, 5.74) is 2.44. The molecule has 1 aliphatic heterocycles. The van der Waals surface area contributed by atoms with Gasteiger partial charge in [-0.2, -0.15) is 0 Å². The van der Waals surface area contributed by atoms with E-state index in [1.54, 1.807) is 0 Å². The fourth-order valence-electron chi connectivity index (χ4n) is 2.93. The highest BCUT2D eigenvalue weighted by Crippen LogP contribution is 2.24. The molecule has 0 saturated carbocycles. The fraction of sp³-hybridized carbons (Fsp3) is 0.438. The molecule has 4 nitrogen and oxygen atoms in total. The van der Waals surface area contributed by atoms with Gasteiger partial charge in [0.1, 0.15) is 5.82 Å². The second-order valence-corrected chi connectivity index (χ2v) is 6.08. The quantitative estimate of drug-likeness (QED) is 0.932. The summed E-state index contributed by atoms with van der Waals surface area (Å²) in [5, 5.41) is 4.30. The van der Waals surface area contributed by atoms with Gasteiger partial charge in [0.25, 0.3) is 0 Å². The van der Waals surface area contributed by atoms with Gasteiger partial charge in [0.05, 0.1) is 6.04 Å². The molecule has 1 N–H and O–H groups in total. The lowest BCUT2D eigenvalue weighted by Crippen LogP contribution is -2.46. The molecule has 2 aromatic rings. The highest BCUT2D eigenvalue weighted by molar-refractivity contribution is 6.31. The minimum atomic E-state index is 0. The molecule has 6 heteroatoms. The predicted molar refractivity (Wildman–Crippen MR) is 92.7 cm³/mol. The number of nitrogens with zero attached hydrogens (tertiary/aromatic N) is 3. The number of rotatable bonds is 3. The van der Waals surface area contributed by atoms with Gasteiger partial charge < -0.3 is 9.88 Å². The summed E-state index contributed by atoms with van der Waals surface area (Å²) in [5.74, 6) is 1.12. The molecule has 1 atom stereocenters. The molecule has 22 heavy (non-hydrogen) atoms. The number of aryl methyl sites for hydroxylation is 2. The van der Waals surface area contributed by atoms with E-state index in [0.717, 1.165) is 42.6 Å². The summed E-state index contributed by atoms with van der Waals surface area (Å²) >= 11 is 6.12. The Balaban J connectivity index is 0.00000176. The van der Waals surface area contributed by atoms with Gasteiger partial charge in [-0.15, -0.1) is 12.4 Å². The van der Waals surface area contributed by atoms with Crippen molar-refractivity contribution in [1.29, 1.82) is 0 Å². The van der Waals surface area contributed by atoms with Crippen LogP contribution in [0.1, 0.15) is 23.0 Å². The van der Waals surface area contributed by atoms with Gasteiger partial charge in [0.2, 0.25) is 0 Å². The van der Waals surface area contributed by atoms with Crippen LogP contribution < -0.4 is 5.32 Å². The van der Waals surface area contributed by atoms with E-state index in [1.807, 2.05) is 18.5 Å². The number of piperazine rings is 1. The first-order valence-corrected chi connectivity index (χ1v) is 7.70. The van der Waals surface area contributed by atoms with Gasteiger partial charge in [-0.1, -0.05) is 23.7 Å². The van der Waals surface area contributed by atoms with E-state index in [2.05, 4.69) is 45.9 Å². The SMILES string of the molecule is Cc1cc(CN2CCNCC2c2nccn2C)ccc1Cl.Cl. The molecule has 0 amide bonds. The second-order valence-electron chi connectivity index (χ2n) is 5.67. The Morgan fingerprint density at radius 2 is 2.23 bits per heavy atom. The largest absolute Gasteiger partial charge is 0.337 e. The summed E-state index contributed by atoms with van der Waals surface area (Å²) in [6.45, 7) is 5.97. The van der Waals surface area contributed by atoms with Crippen LogP contribution in [-0.4, -0.2) is 34.1 Å². The van der Waals surface area contributed by atoms with Crippen molar-refractivity contribution >= 4 is 24.0 Å². The molecule has 1 unspecified atom stereocenters. The molecule has 1 aromatic heterocycles. The van der Waals surface area contributed by atoms with Crippen molar-refractivity contribution in [2.45, 2.75) is 19.5 Å². The van der Waals surface area contributed by atoms with Crippen LogP contribution in [-0.2, 0) is 13.6 Å². The van der Waals surface area contributed by atoms with Crippen molar-refractivity contribution < 1.29 is 0 Å².